The molecule has 0 aliphatic rings. The van der Waals surface area contributed by atoms with Gasteiger partial charge in [-0.05, 0) is 28.1 Å². The van der Waals surface area contributed by atoms with Gasteiger partial charge in [0.25, 0.3) is 0 Å². The van der Waals surface area contributed by atoms with E-state index in [0.717, 1.165) is 0 Å². The largest absolute Gasteiger partial charge is 0.460 e. The van der Waals surface area contributed by atoms with Crippen LogP contribution in [-0.4, -0.2) is 36.8 Å². The summed E-state index contributed by atoms with van der Waals surface area (Å²) in [4.78, 5) is 25.6. The second-order valence-corrected chi connectivity index (χ2v) is 6.04. The molecule has 0 aliphatic heterocycles. The molecule has 134 valence electrons. The van der Waals surface area contributed by atoms with E-state index < -0.39 is 10.9 Å². The number of hydrogen-bond acceptors (Lipinski definition) is 6. The standard InChI is InChI=1S/C15H11Cl2N5O4/c16-11-3-12(17)5-13(4-11)21-7-10(6-19-21)15(23)26-2-1-20-8-14(18-9-20)22(24)25/h3-9H,1-2H2. The molecule has 9 nitrogen and oxygen atoms in total. The van der Waals surface area contributed by atoms with Crippen molar-refractivity contribution in [1.29, 1.82) is 0 Å². The zero-order valence-electron chi connectivity index (χ0n) is 13.1. The van der Waals surface area contributed by atoms with E-state index in [-0.39, 0.29) is 24.5 Å². The minimum absolute atomic E-state index is 0.0283. The summed E-state index contributed by atoms with van der Waals surface area (Å²) in [7, 11) is 0. The third kappa shape index (κ3) is 4.19. The Kier molecular flexibility index (Phi) is 5.19. The summed E-state index contributed by atoms with van der Waals surface area (Å²) in [5, 5.41) is 15.5. The number of nitrogens with zero attached hydrogens (tertiary/aromatic N) is 5. The average molecular weight is 396 g/mol. The number of aromatic nitrogens is 4. The Bertz CT molecular complexity index is 948. The lowest BCUT2D eigenvalue weighted by Gasteiger charge is -2.04. The van der Waals surface area contributed by atoms with E-state index in [1.165, 1.54) is 34.2 Å². The second kappa shape index (κ2) is 7.54. The number of carbonyl (C=O) groups excluding carboxylic acids is 1. The molecule has 0 spiro atoms. The molecule has 26 heavy (non-hydrogen) atoms. The highest BCUT2D eigenvalue weighted by Crippen LogP contribution is 2.21. The normalized spacial score (nSPS) is 10.7. The highest BCUT2D eigenvalue weighted by Gasteiger charge is 2.13. The maximum atomic E-state index is 12.1. The lowest BCUT2D eigenvalue weighted by atomic mass is 10.3. The van der Waals surface area contributed by atoms with Crippen LogP contribution in [0.3, 0.4) is 0 Å². The smallest absolute Gasteiger partial charge is 0.381 e. The molecule has 0 saturated heterocycles. The monoisotopic (exact) mass is 395 g/mol. The van der Waals surface area contributed by atoms with Crippen molar-refractivity contribution in [2.75, 3.05) is 6.61 Å². The number of carbonyl (C=O) groups is 1. The third-order valence-corrected chi connectivity index (χ3v) is 3.76. The van der Waals surface area contributed by atoms with Gasteiger partial charge in [-0.25, -0.2) is 9.48 Å². The Morgan fingerprint density at radius 1 is 1.23 bits per heavy atom. The number of esters is 1. The van der Waals surface area contributed by atoms with Crippen molar-refractivity contribution in [3.05, 3.63) is 68.8 Å². The summed E-state index contributed by atoms with van der Waals surface area (Å²) in [5.74, 6) is -0.836. The van der Waals surface area contributed by atoms with Crippen molar-refractivity contribution in [2.45, 2.75) is 6.54 Å². The molecule has 3 rings (SSSR count). The number of ether oxygens (including phenoxy) is 1. The number of imidazole rings is 1. The van der Waals surface area contributed by atoms with Crippen LogP contribution in [0.1, 0.15) is 10.4 Å². The molecule has 2 aromatic heterocycles. The molecule has 0 atom stereocenters. The predicted octanol–water partition coefficient (Wildman–Crippen LogP) is 3.14. The fraction of sp³-hybridized carbons (Fsp3) is 0.133. The molecule has 0 bridgehead atoms. The van der Waals surface area contributed by atoms with E-state index in [1.54, 1.807) is 18.2 Å². The minimum Gasteiger partial charge on any atom is -0.460 e. The first kappa shape index (κ1) is 17.9. The third-order valence-electron chi connectivity index (χ3n) is 3.32. The van der Waals surface area contributed by atoms with Crippen LogP contribution in [0.25, 0.3) is 5.69 Å². The van der Waals surface area contributed by atoms with Gasteiger partial charge in [0.15, 0.2) is 0 Å². The van der Waals surface area contributed by atoms with Gasteiger partial charge < -0.3 is 19.4 Å². The number of benzene rings is 1. The number of nitro groups is 1. The molecule has 1 aromatic carbocycles. The Morgan fingerprint density at radius 2 is 1.96 bits per heavy atom. The van der Waals surface area contributed by atoms with Crippen molar-refractivity contribution in [2.24, 2.45) is 0 Å². The quantitative estimate of drug-likeness (QED) is 0.360. The highest BCUT2D eigenvalue weighted by atomic mass is 35.5. The van der Waals surface area contributed by atoms with Crippen LogP contribution in [0.15, 0.2) is 43.1 Å². The first-order valence-corrected chi connectivity index (χ1v) is 8.02. The maximum Gasteiger partial charge on any atom is 0.381 e. The van der Waals surface area contributed by atoms with Gasteiger partial charge in [0.1, 0.15) is 12.8 Å². The Balaban J connectivity index is 1.60. The van der Waals surface area contributed by atoms with E-state index in [1.807, 2.05) is 0 Å². The summed E-state index contributed by atoms with van der Waals surface area (Å²) in [5.41, 5.74) is 0.852. The molecule has 2 heterocycles. The summed E-state index contributed by atoms with van der Waals surface area (Å²) >= 11 is 11.9. The van der Waals surface area contributed by atoms with Gasteiger partial charge in [-0.3, -0.25) is 0 Å². The molecule has 0 fully saturated rings. The van der Waals surface area contributed by atoms with Gasteiger partial charge in [0, 0.05) is 16.2 Å². The summed E-state index contributed by atoms with van der Waals surface area (Å²) < 4.78 is 8.05. The van der Waals surface area contributed by atoms with Gasteiger partial charge in [-0.1, -0.05) is 23.2 Å². The van der Waals surface area contributed by atoms with E-state index in [4.69, 9.17) is 27.9 Å². The molecule has 11 heteroatoms. The van der Waals surface area contributed by atoms with Gasteiger partial charge in [-0.2, -0.15) is 5.10 Å². The van der Waals surface area contributed by atoms with E-state index in [2.05, 4.69) is 10.1 Å². The van der Waals surface area contributed by atoms with E-state index >= 15 is 0 Å². The first-order valence-electron chi connectivity index (χ1n) is 7.27. The number of halogens is 2. The van der Waals surface area contributed by atoms with Crippen molar-refractivity contribution >= 4 is 35.0 Å². The lowest BCUT2D eigenvalue weighted by Crippen LogP contribution is -2.10. The second-order valence-electron chi connectivity index (χ2n) is 5.16. The molecule has 0 radical (unpaired) electrons. The first-order chi connectivity index (χ1) is 12.4. The molecule has 0 aliphatic carbocycles. The van der Waals surface area contributed by atoms with Crippen LogP contribution >= 0.6 is 23.2 Å². The fourth-order valence-electron chi connectivity index (χ4n) is 2.13. The number of hydrogen-bond donors (Lipinski definition) is 0. The highest BCUT2D eigenvalue weighted by molar-refractivity contribution is 6.34. The molecule has 0 N–H and O–H groups in total. The van der Waals surface area contributed by atoms with Gasteiger partial charge in [0.2, 0.25) is 6.33 Å². The minimum atomic E-state index is -0.598. The Morgan fingerprint density at radius 3 is 2.62 bits per heavy atom. The van der Waals surface area contributed by atoms with E-state index in [0.29, 0.717) is 15.7 Å². The maximum absolute atomic E-state index is 12.1. The molecule has 0 amide bonds. The van der Waals surface area contributed by atoms with Crippen LogP contribution in [-0.2, 0) is 11.3 Å². The fourth-order valence-corrected chi connectivity index (χ4v) is 2.65. The van der Waals surface area contributed by atoms with Crippen molar-refractivity contribution < 1.29 is 14.5 Å². The van der Waals surface area contributed by atoms with Gasteiger partial charge in [0.05, 0.1) is 24.0 Å². The molecular weight excluding hydrogens is 385 g/mol. The van der Waals surface area contributed by atoms with Crippen LogP contribution < -0.4 is 0 Å². The zero-order valence-corrected chi connectivity index (χ0v) is 14.6. The van der Waals surface area contributed by atoms with Crippen LogP contribution in [0, 0.1) is 10.1 Å². The SMILES string of the molecule is O=C(OCCn1cnc([N+](=O)[O-])c1)c1cnn(-c2cc(Cl)cc(Cl)c2)c1. The van der Waals surface area contributed by atoms with Gasteiger partial charge in [-0.15, -0.1) is 0 Å². The summed E-state index contributed by atoms with van der Waals surface area (Å²) in [6.07, 6.45) is 5.41. The van der Waals surface area contributed by atoms with Crippen LogP contribution in [0.2, 0.25) is 10.0 Å². The van der Waals surface area contributed by atoms with Crippen molar-refractivity contribution in [1.82, 2.24) is 19.3 Å². The van der Waals surface area contributed by atoms with Crippen molar-refractivity contribution in [3.8, 4) is 5.69 Å². The molecule has 0 unspecified atom stereocenters. The van der Waals surface area contributed by atoms with Gasteiger partial charge >= 0.3 is 11.8 Å². The summed E-state index contributed by atoms with van der Waals surface area (Å²) in [6, 6.07) is 4.90. The predicted molar refractivity (Wildman–Crippen MR) is 92.7 cm³/mol. The van der Waals surface area contributed by atoms with Crippen LogP contribution in [0.5, 0.6) is 0 Å². The molecule has 0 saturated carbocycles. The van der Waals surface area contributed by atoms with E-state index in [9.17, 15) is 14.9 Å². The topological polar surface area (TPSA) is 105 Å². The number of rotatable bonds is 6. The van der Waals surface area contributed by atoms with Crippen LogP contribution in [0.4, 0.5) is 5.82 Å². The summed E-state index contributed by atoms with van der Waals surface area (Å²) in [6.45, 7) is 0.269. The zero-order chi connectivity index (χ0) is 18.7. The average Bonchev–Trinajstić information content (AvgIpc) is 3.23. The Labute approximate surface area is 156 Å². The Hall–Kier alpha value is -2.91. The molecular formula is C15H11Cl2N5O4. The van der Waals surface area contributed by atoms with Crippen molar-refractivity contribution in [3.63, 3.8) is 0 Å². The lowest BCUT2D eigenvalue weighted by molar-refractivity contribution is -0.389. The molecule has 3 aromatic rings.